The van der Waals surface area contributed by atoms with Gasteiger partial charge in [-0.15, -0.1) is 0 Å². The van der Waals surface area contributed by atoms with Gasteiger partial charge in [0.1, 0.15) is 0 Å². The summed E-state index contributed by atoms with van der Waals surface area (Å²) in [4.78, 5) is 24.8. The number of carboxylic acids is 1. The summed E-state index contributed by atoms with van der Waals surface area (Å²) in [6.07, 6.45) is 3.45. The van der Waals surface area contributed by atoms with E-state index in [0.29, 0.717) is 18.8 Å². The van der Waals surface area contributed by atoms with Gasteiger partial charge in [0.05, 0.1) is 0 Å². The van der Waals surface area contributed by atoms with Gasteiger partial charge in [-0.1, -0.05) is 12.1 Å². The minimum absolute atomic E-state index is 0.239. The summed E-state index contributed by atoms with van der Waals surface area (Å²) in [7, 11) is 0. The third-order valence-corrected chi connectivity index (χ3v) is 4.36. The largest absolute Gasteiger partial charge is 0.481 e. The fourth-order valence-corrected chi connectivity index (χ4v) is 3.42. The third-order valence-electron chi connectivity index (χ3n) is 4.36. The molecule has 4 nitrogen and oxygen atoms in total. The number of hydrogen-bond donors (Lipinski definition) is 1. The van der Waals surface area contributed by atoms with E-state index in [1.54, 1.807) is 0 Å². The molecule has 1 aliphatic heterocycles. The number of rotatable bonds is 5. The number of Topliss-reactive ketones (excluding diaryl/α,β-unsaturated/α-hetero) is 1. The van der Waals surface area contributed by atoms with Crippen LogP contribution in [0, 0.1) is 0 Å². The summed E-state index contributed by atoms with van der Waals surface area (Å²) >= 11 is 0. The summed E-state index contributed by atoms with van der Waals surface area (Å²) in [6.45, 7) is 1.86. The number of unbranched alkanes of at least 4 members (excludes halogenated alkanes) is 1. The van der Waals surface area contributed by atoms with Gasteiger partial charge < -0.3 is 10.0 Å². The molecule has 1 N–H and O–H groups in total. The first kappa shape index (κ1) is 13.2. The quantitative estimate of drug-likeness (QED) is 0.838. The van der Waals surface area contributed by atoms with Gasteiger partial charge in [0.25, 0.3) is 0 Å². The monoisotopic (exact) mass is 273 g/mol. The Kier molecular flexibility index (Phi) is 3.47. The molecule has 4 heteroatoms. The summed E-state index contributed by atoms with van der Waals surface area (Å²) in [5, 5.41) is 8.67. The van der Waals surface area contributed by atoms with Crippen LogP contribution < -0.4 is 4.90 Å². The van der Waals surface area contributed by atoms with E-state index in [9.17, 15) is 9.59 Å². The number of anilines is 1. The van der Waals surface area contributed by atoms with Crippen LogP contribution in [0.3, 0.4) is 0 Å². The predicted octanol–water partition coefficient (Wildman–Crippen LogP) is 2.82. The zero-order chi connectivity index (χ0) is 14.1. The van der Waals surface area contributed by atoms with Crippen molar-refractivity contribution in [3.8, 4) is 0 Å². The Morgan fingerprint density at radius 1 is 1.35 bits per heavy atom. The van der Waals surface area contributed by atoms with Crippen LogP contribution in [0.25, 0.3) is 0 Å². The van der Waals surface area contributed by atoms with E-state index < -0.39 is 5.97 Å². The average Bonchev–Trinajstić information content (AvgIpc) is 2.79. The van der Waals surface area contributed by atoms with Crippen LogP contribution in [0.4, 0.5) is 5.69 Å². The van der Waals surface area contributed by atoms with Crippen LogP contribution in [-0.4, -0.2) is 29.9 Å². The summed E-state index contributed by atoms with van der Waals surface area (Å²) < 4.78 is 0. The summed E-state index contributed by atoms with van der Waals surface area (Å²) in [5.41, 5.74) is 3.34. The Morgan fingerprint density at radius 3 is 3.00 bits per heavy atom. The van der Waals surface area contributed by atoms with E-state index in [-0.39, 0.29) is 12.2 Å². The number of benzene rings is 1. The second-order valence-electron chi connectivity index (χ2n) is 5.69. The lowest BCUT2D eigenvalue weighted by molar-refractivity contribution is -0.137. The Morgan fingerprint density at radius 2 is 2.20 bits per heavy atom. The highest BCUT2D eigenvalue weighted by molar-refractivity contribution is 6.01. The van der Waals surface area contributed by atoms with Crippen molar-refractivity contribution in [2.45, 2.75) is 38.0 Å². The standard InChI is InChI=1S/C16H19NO3/c18-14-8-7-11-10-17(9-2-1-6-15(19)20)13-5-3-4-12(14)16(11)13/h3-5,11H,1-2,6-10H2,(H,19,20). The molecule has 1 unspecified atom stereocenters. The molecule has 0 saturated heterocycles. The molecule has 0 radical (unpaired) electrons. The van der Waals surface area contributed by atoms with Crippen molar-refractivity contribution in [1.29, 1.82) is 0 Å². The normalized spacial score (nSPS) is 20.1. The molecule has 0 spiro atoms. The third kappa shape index (κ3) is 2.30. The van der Waals surface area contributed by atoms with Crippen molar-refractivity contribution in [3.63, 3.8) is 0 Å². The van der Waals surface area contributed by atoms with E-state index in [1.165, 1.54) is 11.3 Å². The van der Waals surface area contributed by atoms with Crippen LogP contribution in [-0.2, 0) is 4.79 Å². The Bertz CT molecular complexity index is 553. The van der Waals surface area contributed by atoms with Crippen LogP contribution in [0.1, 0.15) is 53.9 Å². The highest BCUT2D eigenvalue weighted by Crippen LogP contribution is 2.44. The number of ketones is 1. The topological polar surface area (TPSA) is 57.6 Å². The second-order valence-corrected chi connectivity index (χ2v) is 5.69. The lowest BCUT2D eigenvalue weighted by atomic mass is 9.83. The van der Waals surface area contributed by atoms with Gasteiger partial charge in [0.2, 0.25) is 0 Å². The fourth-order valence-electron chi connectivity index (χ4n) is 3.42. The van der Waals surface area contributed by atoms with E-state index in [2.05, 4.69) is 11.0 Å². The molecule has 20 heavy (non-hydrogen) atoms. The van der Waals surface area contributed by atoms with E-state index in [1.807, 2.05) is 12.1 Å². The van der Waals surface area contributed by atoms with Gasteiger partial charge in [-0.25, -0.2) is 0 Å². The minimum atomic E-state index is -0.726. The summed E-state index contributed by atoms with van der Waals surface area (Å²) in [5.74, 6) is 0.0275. The molecule has 0 aromatic heterocycles. The maximum atomic E-state index is 12.0. The van der Waals surface area contributed by atoms with E-state index >= 15 is 0 Å². The van der Waals surface area contributed by atoms with E-state index in [4.69, 9.17) is 5.11 Å². The van der Waals surface area contributed by atoms with Crippen molar-refractivity contribution in [3.05, 3.63) is 29.3 Å². The van der Waals surface area contributed by atoms with Gasteiger partial charge in [-0.05, 0) is 30.9 Å². The zero-order valence-corrected chi connectivity index (χ0v) is 11.5. The first-order valence-corrected chi connectivity index (χ1v) is 7.29. The zero-order valence-electron chi connectivity index (χ0n) is 11.5. The Hall–Kier alpha value is -1.84. The Labute approximate surface area is 118 Å². The van der Waals surface area contributed by atoms with Crippen LogP contribution in [0.5, 0.6) is 0 Å². The second kappa shape index (κ2) is 5.27. The van der Waals surface area contributed by atoms with Gasteiger partial charge in [0, 0.05) is 43.1 Å². The minimum Gasteiger partial charge on any atom is -0.481 e. The molecule has 106 valence electrons. The van der Waals surface area contributed by atoms with Gasteiger partial charge in [-0.3, -0.25) is 9.59 Å². The van der Waals surface area contributed by atoms with Crippen molar-refractivity contribution in [1.82, 2.24) is 0 Å². The number of aliphatic carboxylic acids is 1. The van der Waals surface area contributed by atoms with Crippen LogP contribution >= 0.6 is 0 Å². The number of nitrogens with zero attached hydrogens (tertiary/aromatic N) is 1. The number of hydrogen-bond acceptors (Lipinski definition) is 3. The van der Waals surface area contributed by atoms with Crippen LogP contribution in [0.15, 0.2) is 18.2 Å². The van der Waals surface area contributed by atoms with Gasteiger partial charge in [-0.2, -0.15) is 0 Å². The van der Waals surface area contributed by atoms with Crippen molar-refractivity contribution < 1.29 is 14.7 Å². The highest BCUT2D eigenvalue weighted by Gasteiger charge is 2.35. The lowest BCUT2D eigenvalue weighted by Gasteiger charge is -2.19. The highest BCUT2D eigenvalue weighted by atomic mass is 16.4. The lowest BCUT2D eigenvalue weighted by Crippen LogP contribution is -2.23. The molecule has 0 bridgehead atoms. The number of carbonyl (C=O) groups excluding carboxylic acids is 1. The molecular weight excluding hydrogens is 254 g/mol. The molecule has 1 atom stereocenters. The molecule has 1 aliphatic carbocycles. The number of carboxylic acid groups (broad SMARTS) is 1. The smallest absolute Gasteiger partial charge is 0.303 e. The fraction of sp³-hybridized carbons (Fsp3) is 0.500. The molecule has 2 aliphatic rings. The average molecular weight is 273 g/mol. The van der Waals surface area contributed by atoms with Crippen molar-refractivity contribution in [2.75, 3.05) is 18.0 Å². The molecule has 0 saturated carbocycles. The van der Waals surface area contributed by atoms with Gasteiger partial charge in [0.15, 0.2) is 5.78 Å². The van der Waals surface area contributed by atoms with Gasteiger partial charge >= 0.3 is 5.97 Å². The van der Waals surface area contributed by atoms with E-state index in [0.717, 1.165) is 31.5 Å². The molecule has 1 aromatic carbocycles. The van der Waals surface area contributed by atoms with Crippen LogP contribution in [0.2, 0.25) is 0 Å². The SMILES string of the molecule is O=C(O)CCCCN1CC2CCC(=O)c3cccc1c32. The molecule has 1 heterocycles. The molecule has 0 fully saturated rings. The predicted molar refractivity (Wildman–Crippen MR) is 76.4 cm³/mol. The van der Waals surface area contributed by atoms with Crippen molar-refractivity contribution in [2.24, 2.45) is 0 Å². The first-order chi connectivity index (χ1) is 9.66. The first-order valence-electron chi connectivity index (χ1n) is 7.29. The van der Waals surface area contributed by atoms with Crippen molar-refractivity contribution >= 4 is 17.4 Å². The summed E-state index contributed by atoms with van der Waals surface area (Å²) in [6, 6.07) is 6.00. The molecule has 0 amide bonds. The Balaban J connectivity index is 1.72. The maximum absolute atomic E-state index is 12.0. The maximum Gasteiger partial charge on any atom is 0.303 e. The molecule has 1 aromatic rings. The number of carbonyl (C=O) groups is 2. The molecule has 3 rings (SSSR count). The molecular formula is C16H19NO3.